The van der Waals surface area contributed by atoms with Gasteiger partial charge in [-0.3, -0.25) is 0 Å². The lowest BCUT2D eigenvalue weighted by Gasteiger charge is -2.26. The van der Waals surface area contributed by atoms with Crippen molar-refractivity contribution in [3.8, 4) is 0 Å². The molecule has 1 N–H and O–H groups in total. The molecule has 0 spiro atoms. The van der Waals surface area contributed by atoms with Crippen molar-refractivity contribution >= 4 is 0 Å². The van der Waals surface area contributed by atoms with Crippen LogP contribution >= 0.6 is 0 Å². The molecule has 0 aliphatic heterocycles. The highest BCUT2D eigenvalue weighted by Gasteiger charge is 2.43. The van der Waals surface area contributed by atoms with Gasteiger partial charge in [-0.15, -0.1) is 0 Å². The van der Waals surface area contributed by atoms with Gasteiger partial charge in [0.2, 0.25) is 0 Å². The van der Waals surface area contributed by atoms with E-state index in [1.165, 1.54) is 5.57 Å². The summed E-state index contributed by atoms with van der Waals surface area (Å²) in [6, 6.07) is 0. The molecule has 1 nitrogen and oxygen atoms in total. The molecule has 1 fully saturated rings. The number of fused-ring (bicyclic) bond motifs is 1. The number of rotatable bonds is 0. The molecular formula is C12H18O. The lowest BCUT2D eigenvalue weighted by Crippen LogP contribution is -2.30. The van der Waals surface area contributed by atoms with Gasteiger partial charge in [0.05, 0.1) is 5.60 Å². The molecule has 0 radical (unpaired) electrons. The first-order chi connectivity index (χ1) is 6.11. The maximum absolute atomic E-state index is 10.1. The van der Waals surface area contributed by atoms with Crippen LogP contribution in [-0.2, 0) is 0 Å². The van der Waals surface area contributed by atoms with Crippen molar-refractivity contribution < 1.29 is 5.11 Å². The average Bonchev–Trinajstić information content (AvgIpc) is 2.26. The Bertz CT molecular complexity index is 250. The average molecular weight is 178 g/mol. The molecule has 0 aromatic carbocycles. The standard InChI is InChI=1S/C12H18O/c1-9-5-3-4-6-11-10(9)7-8-12(11,2)13/h4,6,10-11,13H,1,3,5,7-8H2,2H3/t10?,11?,12-/m1/s1. The van der Waals surface area contributed by atoms with E-state index in [0.29, 0.717) is 11.8 Å². The number of allylic oxidation sites excluding steroid dienone is 2. The third kappa shape index (κ3) is 1.46. The normalized spacial score (nSPS) is 44.6. The zero-order valence-electron chi connectivity index (χ0n) is 8.29. The van der Waals surface area contributed by atoms with Gasteiger partial charge in [0.25, 0.3) is 0 Å². The third-order valence-corrected chi connectivity index (χ3v) is 3.61. The summed E-state index contributed by atoms with van der Waals surface area (Å²) >= 11 is 0. The first-order valence-electron chi connectivity index (χ1n) is 5.18. The highest BCUT2D eigenvalue weighted by molar-refractivity contribution is 5.18. The van der Waals surface area contributed by atoms with Crippen LogP contribution in [-0.4, -0.2) is 10.7 Å². The number of aliphatic hydroxyl groups is 1. The summed E-state index contributed by atoms with van der Waals surface area (Å²) in [4.78, 5) is 0. The van der Waals surface area contributed by atoms with E-state index in [4.69, 9.17) is 0 Å². The second-order valence-corrected chi connectivity index (χ2v) is 4.65. The van der Waals surface area contributed by atoms with Gasteiger partial charge >= 0.3 is 0 Å². The van der Waals surface area contributed by atoms with Gasteiger partial charge in [-0.2, -0.15) is 0 Å². The molecule has 0 amide bonds. The fourth-order valence-electron chi connectivity index (χ4n) is 2.72. The molecule has 0 bridgehead atoms. The highest BCUT2D eigenvalue weighted by Crippen LogP contribution is 2.46. The molecule has 13 heavy (non-hydrogen) atoms. The van der Waals surface area contributed by atoms with E-state index in [1.807, 2.05) is 6.92 Å². The molecule has 72 valence electrons. The summed E-state index contributed by atoms with van der Waals surface area (Å²) in [6.07, 6.45) is 8.65. The molecule has 0 saturated heterocycles. The predicted molar refractivity (Wildman–Crippen MR) is 54.4 cm³/mol. The second kappa shape index (κ2) is 2.98. The molecule has 2 unspecified atom stereocenters. The Kier molecular flexibility index (Phi) is 2.07. The van der Waals surface area contributed by atoms with E-state index in [9.17, 15) is 5.11 Å². The smallest absolute Gasteiger partial charge is 0.0688 e. The van der Waals surface area contributed by atoms with Gasteiger partial charge in [0.15, 0.2) is 0 Å². The van der Waals surface area contributed by atoms with Crippen molar-refractivity contribution in [2.24, 2.45) is 11.8 Å². The Morgan fingerprint density at radius 2 is 2.38 bits per heavy atom. The second-order valence-electron chi connectivity index (χ2n) is 4.65. The Morgan fingerprint density at radius 1 is 1.62 bits per heavy atom. The minimum atomic E-state index is -0.492. The predicted octanol–water partition coefficient (Wildman–Crippen LogP) is 2.67. The summed E-state index contributed by atoms with van der Waals surface area (Å²) in [7, 11) is 0. The molecule has 2 aliphatic carbocycles. The zero-order chi connectivity index (χ0) is 9.47. The summed E-state index contributed by atoms with van der Waals surface area (Å²) in [5.41, 5.74) is 0.849. The zero-order valence-corrected chi connectivity index (χ0v) is 8.29. The van der Waals surface area contributed by atoms with E-state index >= 15 is 0 Å². The fourth-order valence-corrected chi connectivity index (χ4v) is 2.72. The molecule has 0 aromatic heterocycles. The third-order valence-electron chi connectivity index (χ3n) is 3.61. The van der Waals surface area contributed by atoms with E-state index in [-0.39, 0.29) is 0 Å². The van der Waals surface area contributed by atoms with Crippen molar-refractivity contribution in [1.29, 1.82) is 0 Å². The Hall–Kier alpha value is -0.560. The minimum absolute atomic E-state index is 0.322. The van der Waals surface area contributed by atoms with E-state index < -0.39 is 5.60 Å². The van der Waals surface area contributed by atoms with Crippen molar-refractivity contribution in [2.45, 2.75) is 38.2 Å². The topological polar surface area (TPSA) is 20.2 Å². The number of hydrogen-bond donors (Lipinski definition) is 1. The van der Waals surface area contributed by atoms with Crippen molar-refractivity contribution in [1.82, 2.24) is 0 Å². The summed E-state index contributed by atoms with van der Waals surface area (Å²) in [6.45, 7) is 6.09. The van der Waals surface area contributed by atoms with Gasteiger partial charge in [-0.1, -0.05) is 24.3 Å². The molecule has 1 heteroatoms. The Labute approximate surface area is 80.2 Å². The number of hydrogen-bond acceptors (Lipinski definition) is 1. The lowest BCUT2D eigenvalue weighted by atomic mass is 9.84. The Morgan fingerprint density at radius 3 is 3.15 bits per heavy atom. The quantitative estimate of drug-likeness (QED) is 0.565. The van der Waals surface area contributed by atoms with E-state index in [2.05, 4.69) is 18.7 Å². The van der Waals surface area contributed by atoms with Crippen LogP contribution < -0.4 is 0 Å². The maximum atomic E-state index is 10.1. The van der Waals surface area contributed by atoms with E-state index in [1.54, 1.807) is 0 Å². The van der Waals surface area contributed by atoms with Gasteiger partial charge < -0.3 is 5.11 Å². The molecule has 0 aromatic rings. The monoisotopic (exact) mass is 178 g/mol. The van der Waals surface area contributed by atoms with Gasteiger partial charge in [0.1, 0.15) is 0 Å². The summed E-state index contributed by atoms with van der Waals surface area (Å²) in [5, 5.41) is 10.1. The summed E-state index contributed by atoms with van der Waals surface area (Å²) < 4.78 is 0. The van der Waals surface area contributed by atoms with Gasteiger partial charge in [0, 0.05) is 5.92 Å². The largest absolute Gasteiger partial charge is 0.390 e. The highest BCUT2D eigenvalue weighted by atomic mass is 16.3. The van der Waals surface area contributed by atoms with Crippen LogP contribution in [0.25, 0.3) is 0 Å². The molecule has 2 rings (SSSR count). The SMILES string of the molecule is C=C1CCC=CC2C1CC[C@@]2(C)O. The summed E-state index contributed by atoms with van der Waals surface area (Å²) in [5.74, 6) is 0.858. The van der Waals surface area contributed by atoms with Crippen molar-refractivity contribution in [2.75, 3.05) is 0 Å². The van der Waals surface area contributed by atoms with Crippen molar-refractivity contribution in [3.63, 3.8) is 0 Å². The molecule has 1 saturated carbocycles. The van der Waals surface area contributed by atoms with Crippen LogP contribution in [0.5, 0.6) is 0 Å². The maximum Gasteiger partial charge on any atom is 0.0688 e. The first kappa shape index (κ1) is 9.01. The molecule has 2 aliphatic rings. The van der Waals surface area contributed by atoms with Crippen LogP contribution in [0.3, 0.4) is 0 Å². The lowest BCUT2D eigenvalue weighted by molar-refractivity contribution is 0.0333. The van der Waals surface area contributed by atoms with Crippen LogP contribution in [0.4, 0.5) is 0 Å². The Balaban J connectivity index is 2.28. The first-order valence-corrected chi connectivity index (χ1v) is 5.18. The fraction of sp³-hybridized carbons (Fsp3) is 0.667. The van der Waals surface area contributed by atoms with Gasteiger partial charge in [-0.25, -0.2) is 0 Å². The molecule has 3 atom stereocenters. The van der Waals surface area contributed by atoms with Crippen LogP contribution in [0.1, 0.15) is 32.6 Å². The molecular weight excluding hydrogens is 160 g/mol. The van der Waals surface area contributed by atoms with Crippen LogP contribution in [0.2, 0.25) is 0 Å². The van der Waals surface area contributed by atoms with Gasteiger partial charge in [-0.05, 0) is 38.5 Å². The minimum Gasteiger partial charge on any atom is -0.390 e. The van der Waals surface area contributed by atoms with Crippen molar-refractivity contribution in [3.05, 3.63) is 24.3 Å². The molecule has 0 heterocycles. The van der Waals surface area contributed by atoms with Crippen LogP contribution in [0, 0.1) is 11.8 Å². The van der Waals surface area contributed by atoms with Crippen LogP contribution in [0.15, 0.2) is 24.3 Å². The van der Waals surface area contributed by atoms with E-state index in [0.717, 1.165) is 25.7 Å².